The molecule has 2 aromatic heterocycles. The number of rotatable bonds is 9. The summed E-state index contributed by atoms with van der Waals surface area (Å²) in [4.78, 5) is 12.8. The standard InChI is InChI=1S/C21H27N5O3S2/c1-6-25-15(2)12-18(16(25)3)19(27)14-30-21-23-22-20(24(21)4)13-26(31(5,28)29)17-10-8-7-9-11-17/h7-12H,6,13-14H2,1-5H3. The predicted molar refractivity (Wildman–Crippen MR) is 123 cm³/mol. The molecular weight excluding hydrogens is 434 g/mol. The monoisotopic (exact) mass is 461 g/mol. The lowest BCUT2D eigenvalue weighted by Crippen LogP contribution is -2.30. The van der Waals surface area contributed by atoms with Crippen LogP contribution in [0.1, 0.15) is 34.5 Å². The fourth-order valence-electron chi connectivity index (χ4n) is 3.51. The molecular formula is C21H27N5O3S2. The highest BCUT2D eigenvalue weighted by molar-refractivity contribution is 7.99. The topological polar surface area (TPSA) is 90.1 Å². The van der Waals surface area contributed by atoms with Crippen molar-refractivity contribution in [2.24, 2.45) is 7.05 Å². The Morgan fingerprint density at radius 2 is 1.84 bits per heavy atom. The van der Waals surface area contributed by atoms with Gasteiger partial charge in [0.25, 0.3) is 0 Å². The van der Waals surface area contributed by atoms with E-state index in [0.717, 1.165) is 29.8 Å². The van der Waals surface area contributed by atoms with Crippen molar-refractivity contribution in [3.8, 4) is 0 Å². The van der Waals surface area contributed by atoms with Crippen molar-refractivity contribution in [1.82, 2.24) is 19.3 Å². The van der Waals surface area contributed by atoms with Gasteiger partial charge in [-0.3, -0.25) is 9.10 Å². The Morgan fingerprint density at radius 3 is 2.42 bits per heavy atom. The van der Waals surface area contributed by atoms with Crippen molar-refractivity contribution in [3.05, 3.63) is 59.2 Å². The molecule has 0 fully saturated rings. The van der Waals surface area contributed by atoms with Crippen LogP contribution in [0.25, 0.3) is 0 Å². The second kappa shape index (κ2) is 9.27. The average molecular weight is 462 g/mol. The highest BCUT2D eigenvalue weighted by atomic mass is 32.2. The van der Waals surface area contributed by atoms with Crippen LogP contribution in [0.3, 0.4) is 0 Å². The zero-order chi connectivity index (χ0) is 22.8. The number of hydrogen-bond donors (Lipinski definition) is 0. The number of thioether (sulfide) groups is 1. The number of hydrogen-bond acceptors (Lipinski definition) is 6. The van der Waals surface area contributed by atoms with Crippen LogP contribution in [0.2, 0.25) is 0 Å². The van der Waals surface area contributed by atoms with Gasteiger partial charge >= 0.3 is 0 Å². The molecule has 1 aromatic carbocycles. The van der Waals surface area contributed by atoms with E-state index < -0.39 is 10.0 Å². The third kappa shape index (κ3) is 5.01. The van der Waals surface area contributed by atoms with Gasteiger partial charge < -0.3 is 9.13 Å². The van der Waals surface area contributed by atoms with Gasteiger partial charge in [-0.25, -0.2) is 8.42 Å². The third-order valence-electron chi connectivity index (χ3n) is 5.18. The minimum absolute atomic E-state index is 0.0319. The Kier molecular flexibility index (Phi) is 6.90. The van der Waals surface area contributed by atoms with E-state index >= 15 is 0 Å². The summed E-state index contributed by atoms with van der Waals surface area (Å²) in [5, 5.41) is 8.90. The maximum absolute atomic E-state index is 12.8. The number of anilines is 1. The molecule has 0 spiro atoms. The molecule has 0 saturated carbocycles. The van der Waals surface area contributed by atoms with Crippen LogP contribution in [0.5, 0.6) is 0 Å². The number of benzene rings is 1. The number of nitrogens with zero attached hydrogens (tertiary/aromatic N) is 5. The summed E-state index contributed by atoms with van der Waals surface area (Å²) < 4.78 is 29.8. The van der Waals surface area contributed by atoms with Crippen LogP contribution >= 0.6 is 11.8 Å². The van der Waals surface area contributed by atoms with Gasteiger partial charge in [-0.1, -0.05) is 30.0 Å². The molecule has 31 heavy (non-hydrogen) atoms. The summed E-state index contributed by atoms with van der Waals surface area (Å²) in [6.45, 7) is 6.88. The van der Waals surface area contributed by atoms with Gasteiger partial charge in [0.1, 0.15) is 0 Å². The van der Waals surface area contributed by atoms with Gasteiger partial charge in [0.15, 0.2) is 16.8 Å². The zero-order valence-electron chi connectivity index (χ0n) is 18.4. The number of para-hydroxylation sites is 1. The normalized spacial score (nSPS) is 11.6. The maximum atomic E-state index is 12.8. The number of Topliss-reactive ketones (excluding diaryl/α,β-unsaturated/α-hetero) is 1. The molecule has 0 amide bonds. The van der Waals surface area contributed by atoms with Crippen molar-refractivity contribution in [3.63, 3.8) is 0 Å². The van der Waals surface area contributed by atoms with Crippen molar-refractivity contribution in [2.45, 2.75) is 39.0 Å². The molecule has 166 valence electrons. The number of aromatic nitrogens is 4. The Balaban J connectivity index is 1.75. The van der Waals surface area contributed by atoms with E-state index in [1.165, 1.54) is 16.1 Å². The van der Waals surface area contributed by atoms with E-state index in [4.69, 9.17) is 0 Å². The van der Waals surface area contributed by atoms with Gasteiger partial charge in [0.05, 0.1) is 24.2 Å². The molecule has 0 atom stereocenters. The molecule has 0 aliphatic carbocycles. The van der Waals surface area contributed by atoms with Gasteiger partial charge in [-0.15, -0.1) is 10.2 Å². The van der Waals surface area contributed by atoms with Gasteiger partial charge in [-0.2, -0.15) is 0 Å². The largest absolute Gasteiger partial charge is 0.349 e. The molecule has 0 N–H and O–H groups in total. The molecule has 8 nitrogen and oxygen atoms in total. The average Bonchev–Trinajstić information content (AvgIpc) is 3.22. The minimum atomic E-state index is -3.51. The van der Waals surface area contributed by atoms with Crippen LogP contribution in [-0.2, 0) is 30.2 Å². The molecule has 0 unspecified atom stereocenters. The van der Waals surface area contributed by atoms with Crippen LogP contribution < -0.4 is 4.31 Å². The number of carbonyl (C=O) groups excluding carboxylic acids is 1. The highest BCUT2D eigenvalue weighted by Crippen LogP contribution is 2.23. The van der Waals surface area contributed by atoms with Crippen molar-refractivity contribution in [2.75, 3.05) is 16.3 Å². The first kappa shape index (κ1) is 23.1. The Morgan fingerprint density at radius 1 is 1.16 bits per heavy atom. The SMILES string of the molecule is CCn1c(C)cc(C(=O)CSc2nnc(CN(c3ccccc3)S(C)(=O)=O)n2C)c1C. The third-order valence-corrected chi connectivity index (χ3v) is 7.34. The molecule has 0 radical (unpaired) electrons. The lowest BCUT2D eigenvalue weighted by atomic mass is 10.2. The zero-order valence-corrected chi connectivity index (χ0v) is 20.0. The lowest BCUT2D eigenvalue weighted by molar-refractivity contribution is 0.102. The fourth-order valence-corrected chi connectivity index (χ4v) is 5.18. The van der Waals surface area contributed by atoms with E-state index in [1.807, 2.05) is 26.0 Å². The number of ketones is 1. The summed E-state index contributed by atoms with van der Waals surface area (Å²) >= 11 is 1.30. The van der Waals surface area contributed by atoms with Crippen LogP contribution in [0.4, 0.5) is 5.69 Å². The van der Waals surface area contributed by atoms with Crippen LogP contribution in [-0.4, -0.2) is 45.5 Å². The number of sulfonamides is 1. The minimum Gasteiger partial charge on any atom is -0.349 e. The molecule has 10 heteroatoms. The van der Waals surface area contributed by atoms with Gasteiger partial charge in [-0.05, 0) is 39.0 Å². The van der Waals surface area contributed by atoms with E-state index in [1.54, 1.807) is 35.9 Å². The second-order valence-electron chi connectivity index (χ2n) is 7.30. The van der Waals surface area contributed by atoms with E-state index in [0.29, 0.717) is 16.7 Å². The van der Waals surface area contributed by atoms with E-state index in [9.17, 15) is 13.2 Å². The highest BCUT2D eigenvalue weighted by Gasteiger charge is 2.22. The van der Waals surface area contributed by atoms with Crippen molar-refractivity contribution < 1.29 is 13.2 Å². The quantitative estimate of drug-likeness (QED) is 0.359. The molecule has 0 aliphatic heterocycles. The fraction of sp³-hybridized carbons (Fsp3) is 0.381. The van der Waals surface area contributed by atoms with Crippen molar-refractivity contribution >= 4 is 33.3 Å². The summed E-state index contributed by atoms with van der Waals surface area (Å²) in [7, 11) is -1.73. The van der Waals surface area contributed by atoms with Crippen LogP contribution in [0.15, 0.2) is 41.6 Å². The molecule has 3 rings (SSSR count). The second-order valence-corrected chi connectivity index (χ2v) is 10.2. The first-order chi connectivity index (χ1) is 14.6. The molecule has 2 heterocycles. The molecule has 0 aliphatic rings. The first-order valence-corrected chi connectivity index (χ1v) is 12.7. The number of aryl methyl sites for hydroxylation is 1. The smallest absolute Gasteiger partial charge is 0.232 e. The molecule has 0 bridgehead atoms. The molecule has 0 saturated heterocycles. The summed E-state index contributed by atoms with van der Waals surface area (Å²) in [6.07, 6.45) is 1.16. The van der Waals surface area contributed by atoms with Gasteiger partial charge in [0.2, 0.25) is 10.0 Å². The van der Waals surface area contributed by atoms with Gasteiger partial charge in [0, 0.05) is 30.5 Å². The van der Waals surface area contributed by atoms with E-state index in [-0.39, 0.29) is 18.1 Å². The molecule has 3 aromatic rings. The lowest BCUT2D eigenvalue weighted by Gasteiger charge is -2.21. The first-order valence-electron chi connectivity index (χ1n) is 9.87. The Hall–Kier alpha value is -2.59. The van der Waals surface area contributed by atoms with Crippen LogP contribution in [0, 0.1) is 13.8 Å². The Labute approximate surface area is 187 Å². The summed E-state index contributed by atoms with van der Waals surface area (Å²) in [6, 6.07) is 10.8. The van der Waals surface area contributed by atoms with Crippen molar-refractivity contribution in [1.29, 1.82) is 0 Å². The Bertz CT molecular complexity index is 1180. The summed E-state index contributed by atoms with van der Waals surface area (Å²) in [5.41, 5.74) is 3.32. The summed E-state index contributed by atoms with van der Waals surface area (Å²) in [5.74, 6) is 0.756. The number of carbonyl (C=O) groups is 1. The predicted octanol–water partition coefficient (Wildman–Crippen LogP) is 3.19. The maximum Gasteiger partial charge on any atom is 0.232 e. The van der Waals surface area contributed by atoms with E-state index in [2.05, 4.69) is 21.7 Å².